The van der Waals surface area contributed by atoms with Crippen LogP contribution in [0.2, 0.25) is 0 Å². The lowest BCUT2D eigenvalue weighted by Crippen LogP contribution is -2.34. The average Bonchev–Trinajstić information content (AvgIpc) is 3.13. The molecule has 0 unspecified atom stereocenters. The largest absolute Gasteiger partial charge is 0.365 e. The highest BCUT2D eigenvalue weighted by Gasteiger charge is 2.61. The van der Waals surface area contributed by atoms with Gasteiger partial charge in [-0.2, -0.15) is 0 Å². The number of imide groups is 1. The van der Waals surface area contributed by atoms with E-state index in [1.165, 1.54) is 24.3 Å². The number of hydrogen-bond acceptors (Lipinski definition) is 5. The van der Waals surface area contributed by atoms with Crippen LogP contribution >= 0.6 is 0 Å². The summed E-state index contributed by atoms with van der Waals surface area (Å²) in [6, 6.07) is 5.56. The maximum Gasteiger partial charge on any atom is 0.271 e. The monoisotopic (exact) mass is 286 g/mol. The summed E-state index contributed by atoms with van der Waals surface area (Å²) in [6.45, 7) is 0. The lowest BCUT2D eigenvalue weighted by Gasteiger charge is -2.17. The molecule has 0 aliphatic carbocycles. The van der Waals surface area contributed by atoms with Gasteiger partial charge in [-0.15, -0.1) is 0 Å². The number of benzene rings is 1. The van der Waals surface area contributed by atoms with E-state index in [1.807, 2.05) is 0 Å². The minimum atomic E-state index is -0.552. The number of ether oxygens (including phenoxy) is 1. The van der Waals surface area contributed by atoms with Crippen LogP contribution in [0.25, 0.3) is 0 Å². The Morgan fingerprint density at radius 2 is 1.71 bits per heavy atom. The van der Waals surface area contributed by atoms with Crippen LogP contribution in [-0.4, -0.2) is 28.9 Å². The Labute approximate surface area is 118 Å². The summed E-state index contributed by atoms with van der Waals surface area (Å²) in [5, 5.41) is 10.8. The van der Waals surface area contributed by atoms with Gasteiger partial charge in [0.05, 0.1) is 34.7 Å². The number of nitrogens with zero attached hydrogens (tertiary/aromatic N) is 2. The van der Waals surface area contributed by atoms with E-state index in [0.717, 1.165) is 4.90 Å². The van der Waals surface area contributed by atoms with Crippen LogP contribution < -0.4 is 4.90 Å². The summed E-state index contributed by atoms with van der Waals surface area (Å²) in [6.07, 6.45) is 2.88. The molecule has 106 valence electrons. The zero-order valence-corrected chi connectivity index (χ0v) is 10.7. The lowest BCUT2D eigenvalue weighted by atomic mass is 9.85. The number of anilines is 1. The summed E-state index contributed by atoms with van der Waals surface area (Å²) >= 11 is 0. The predicted octanol–water partition coefficient (Wildman–Crippen LogP) is 1.04. The van der Waals surface area contributed by atoms with Crippen LogP contribution in [0.3, 0.4) is 0 Å². The zero-order valence-electron chi connectivity index (χ0n) is 10.7. The number of fused-ring (bicyclic) bond motifs is 5. The fraction of sp³-hybridized carbons (Fsp3) is 0.286. The smallest absolute Gasteiger partial charge is 0.271 e. The van der Waals surface area contributed by atoms with E-state index in [9.17, 15) is 19.7 Å². The number of amides is 2. The van der Waals surface area contributed by atoms with Crippen molar-refractivity contribution >= 4 is 23.2 Å². The first-order valence-corrected chi connectivity index (χ1v) is 6.54. The Bertz CT molecular complexity index is 683. The quantitative estimate of drug-likeness (QED) is 0.350. The first-order valence-electron chi connectivity index (χ1n) is 6.54. The Balaban J connectivity index is 1.74. The normalized spacial score (nSPS) is 32.9. The van der Waals surface area contributed by atoms with Gasteiger partial charge in [0.15, 0.2) is 0 Å². The van der Waals surface area contributed by atoms with Crippen molar-refractivity contribution in [2.75, 3.05) is 4.90 Å². The molecule has 0 radical (unpaired) electrons. The predicted molar refractivity (Wildman–Crippen MR) is 70.4 cm³/mol. The molecule has 4 rings (SSSR count). The van der Waals surface area contributed by atoms with E-state index in [1.54, 1.807) is 12.2 Å². The summed E-state index contributed by atoms with van der Waals surface area (Å²) in [5.41, 5.74) is 0.0931. The van der Waals surface area contributed by atoms with Gasteiger partial charge in [0.2, 0.25) is 11.8 Å². The van der Waals surface area contributed by atoms with Crippen molar-refractivity contribution < 1.29 is 19.2 Å². The number of non-ortho nitro benzene ring substituents is 1. The molecule has 1 aromatic rings. The van der Waals surface area contributed by atoms with Crippen molar-refractivity contribution in [1.29, 1.82) is 0 Å². The number of rotatable bonds is 2. The standard InChI is InChI=1S/C14H10N2O5/c17-13-11-9-4-5-10(21-9)12(11)14(18)15(13)7-2-1-3-8(6-7)16(19)20/h1-6,9-12H/t9-,10+,11-,12-/m0/s1. The van der Waals surface area contributed by atoms with Gasteiger partial charge >= 0.3 is 0 Å². The van der Waals surface area contributed by atoms with Crippen LogP contribution in [0, 0.1) is 22.0 Å². The topological polar surface area (TPSA) is 89.8 Å². The Morgan fingerprint density at radius 1 is 1.10 bits per heavy atom. The molecular formula is C14H10N2O5. The van der Waals surface area contributed by atoms with Crippen molar-refractivity contribution in [3.8, 4) is 0 Å². The maximum atomic E-state index is 12.5. The molecule has 2 fully saturated rings. The highest BCUT2D eigenvalue weighted by atomic mass is 16.6. The third-order valence-corrected chi connectivity index (χ3v) is 4.21. The van der Waals surface area contributed by atoms with E-state index in [-0.39, 0.29) is 35.4 Å². The van der Waals surface area contributed by atoms with Crippen LogP contribution in [0.15, 0.2) is 36.4 Å². The minimum Gasteiger partial charge on any atom is -0.365 e. The lowest BCUT2D eigenvalue weighted by molar-refractivity contribution is -0.384. The van der Waals surface area contributed by atoms with Gasteiger partial charge in [-0.3, -0.25) is 19.7 Å². The molecule has 4 atom stereocenters. The SMILES string of the molecule is O=C1[C@@H]2[C@@H](C(=O)N1c1cccc([N+](=O)[O-])c1)[C@H]1C=C[C@@H]2O1. The van der Waals surface area contributed by atoms with E-state index in [4.69, 9.17) is 4.74 Å². The molecule has 7 heteroatoms. The molecule has 3 heterocycles. The Kier molecular flexibility index (Phi) is 2.32. The van der Waals surface area contributed by atoms with E-state index >= 15 is 0 Å². The number of carbonyl (C=O) groups is 2. The third-order valence-electron chi connectivity index (χ3n) is 4.21. The number of nitro groups is 1. The molecule has 21 heavy (non-hydrogen) atoms. The molecule has 0 aromatic heterocycles. The minimum absolute atomic E-state index is 0.150. The van der Waals surface area contributed by atoms with Crippen molar-refractivity contribution in [3.05, 3.63) is 46.5 Å². The molecule has 3 aliphatic rings. The van der Waals surface area contributed by atoms with Crippen LogP contribution in [0.5, 0.6) is 0 Å². The average molecular weight is 286 g/mol. The number of hydrogen-bond donors (Lipinski definition) is 0. The molecule has 2 amide bonds. The summed E-state index contributed by atoms with van der Waals surface area (Å²) in [4.78, 5) is 36.3. The highest BCUT2D eigenvalue weighted by Crippen LogP contribution is 2.46. The van der Waals surface area contributed by atoms with E-state index < -0.39 is 16.8 Å². The maximum absolute atomic E-state index is 12.5. The van der Waals surface area contributed by atoms with Gasteiger partial charge in [-0.05, 0) is 6.07 Å². The second-order valence-electron chi connectivity index (χ2n) is 5.29. The Morgan fingerprint density at radius 3 is 2.29 bits per heavy atom. The molecule has 2 bridgehead atoms. The van der Waals surface area contributed by atoms with Crippen molar-refractivity contribution in [1.82, 2.24) is 0 Å². The van der Waals surface area contributed by atoms with Crippen molar-refractivity contribution in [3.63, 3.8) is 0 Å². The Hall–Kier alpha value is -2.54. The van der Waals surface area contributed by atoms with E-state index in [0.29, 0.717) is 0 Å². The molecule has 3 aliphatic heterocycles. The molecule has 1 aromatic carbocycles. The second kappa shape index (κ2) is 3.98. The third kappa shape index (κ3) is 1.52. The molecule has 0 N–H and O–H groups in total. The molecule has 7 nitrogen and oxygen atoms in total. The van der Waals surface area contributed by atoms with Crippen molar-refractivity contribution in [2.24, 2.45) is 11.8 Å². The summed E-state index contributed by atoms with van der Waals surface area (Å²) < 4.78 is 5.54. The highest BCUT2D eigenvalue weighted by molar-refractivity contribution is 6.23. The fourth-order valence-corrected chi connectivity index (χ4v) is 3.30. The van der Waals surface area contributed by atoms with Crippen molar-refractivity contribution in [2.45, 2.75) is 12.2 Å². The van der Waals surface area contributed by atoms with Crippen LogP contribution in [0.4, 0.5) is 11.4 Å². The van der Waals surface area contributed by atoms with Gasteiger partial charge in [0, 0.05) is 12.1 Å². The first-order chi connectivity index (χ1) is 10.1. The molecule has 2 saturated heterocycles. The van der Waals surface area contributed by atoms with Crippen LogP contribution in [0.1, 0.15) is 0 Å². The van der Waals surface area contributed by atoms with Gasteiger partial charge in [0.25, 0.3) is 5.69 Å². The number of nitro benzene ring substituents is 1. The van der Waals surface area contributed by atoms with Gasteiger partial charge in [0.1, 0.15) is 0 Å². The van der Waals surface area contributed by atoms with Gasteiger partial charge in [-0.1, -0.05) is 18.2 Å². The summed E-state index contributed by atoms with van der Waals surface area (Å²) in [5.74, 6) is -1.71. The van der Waals surface area contributed by atoms with Crippen LogP contribution in [-0.2, 0) is 14.3 Å². The van der Waals surface area contributed by atoms with Gasteiger partial charge < -0.3 is 4.74 Å². The molecular weight excluding hydrogens is 276 g/mol. The second-order valence-corrected chi connectivity index (χ2v) is 5.29. The van der Waals surface area contributed by atoms with Gasteiger partial charge in [-0.25, -0.2) is 4.90 Å². The zero-order chi connectivity index (χ0) is 14.7. The molecule has 0 saturated carbocycles. The fourth-order valence-electron chi connectivity index (χ4n) is 3.30. The summed E-state index contributed by atoms with van der Waals surface area (Å²) in [7, 11) is 0. The number of carbonyl (C=O) groups excluding carboxylic acids is 2. The van der Waals surface area contributed by atoms with E-state index in [2.05, 4.69) is 0 Å². The molecule has 0 spiro atoms. The first kappa shape index (κ1) is 12.2.